The molecule has 1 aromatic rings. The first-order valence-corrected chi connectivity index (χ1v) is 4.56. The highest BCUT2D eigenvalue weighted by molar-refractivity contribution is 5.15. The van der Waals surface area contributed by atoms with E-state index in [1.165, 1.54) is 5.56 Å². The summed E-state index contributed by atoms with van der Waals surface area (Å²) >= 11 is 0. The summed E-state index contributed by atoms with van der Waals surface area (Å²) in [6.45, 7) is 0.829. The lowest BCUT2D eigenvalue weighted by molar-refractivity contribution is 0.111. The lowest BCUT2D eigenvalue weighted by Gasteiger charge is -2.11. The van der Waals surface area contributed by atoms with Crippen LogP contribution in [0.5, 0.6) is 0 Å². The van der Waals surface area contributed by atoms with Gasteiger partial charge in [0.1, 0.15) is 6.23 Å². The molecule has 1 heterocycles. The van der Waals surface area contributed by atoms with Gasteiger partial charge in [-0.15, -0.1) is 0 Å². The second-order valence-corrected chi connectivity index (χ2v) is 3.42. The van der Waals surface area contributed by atoms with E-state index in [0.717, 1.165) is 13.0 Å². The molecule has 1 fully saturated rings. The molecule has 1 aliphatic rings. The first-order valence-electron chi connectivity index (χ1n) is 4.56. The van der Waals surface area contributed by atoms with Gasteiger partial charge in [0.15, 0.2) is 0 Å². The van der Waals surface area contributed by atoms with Crippen molar-refractivity contribution in [3.63, 3.8) is 0 Å². The maximum absolute atomic E-state index is 9.48. The molecule has 3 nitrogen and oxygen atoms in total. The summed E-state index contributed by atoms with van der Waals surface area (Å²) in [6.07, 6.45) is 0.502. The maximum Gasteiger partial charge on any atom is 0.121 e. The minimum Gasteiger partial charge on any atom is -0.377 e. The van der Waals surface area contributed by atoms with Gasteiger partial charge in [-0.3, -0.25) is 5.43 Å². The molecule has 70 valence electrons. The van der Waals surface area contributed by atoms with E-state index in [0.29, 0.717) is 0 Å². The lowest BCUT2D eigenvalue weighted by atomic mass is 9.99. The Morgan fingerprint density at radius 1 is 1.31 bits per heavy atom. The van der Waals surface area contributed by atoms with Crippen LogP contribution in [0.2, 0.25) is 0 Å². The van der Waals surface area contributed by atoms with Crippen LogP contribution in [0, 0.1) is 5.92 Å². The minimum absolute atomic E-state index is 0.280. The van der Waals surface area contributed by atoms with Crippen molar-refractivity contribution in [3.05, 3.63) is 35.9 Å². The largest absolute Gasteiger partial charge is 0.377 e. The quantitative estimate of drug-likeness (QED) is 0.609. The molecule has 0 spiro atoms. The van der Waals surface area contributed by atoms with Crippen molar-refractivity contribution in [1.82, 2.24) is 10.9 Å². The maximum atomic E-state index is 9.48. The molecule has 13 heavy (non-hydrogen) atoms. The summed E-state index contributed by atoms with van der Waals surface area (Å²) in [7, 11) is 0. The molecular weight excluding hydrogens is 164 g/mol. The molecule has 3 heteroatoms. The molecule has 0 radical (unpaired) electrons. The second-order valence-electron chi connectivity index (χ2n) is 3.42. The van der Waals surface area contributed by atoms with Crippen molar-refractivity contribution >= 4 is 0 Å². The van der Waals surface area contributed by atoms with E-state index in [2.05, 4.69) is 23.0 Å². The Labute approximate surface area is 77.7 Å². The Bertz CT molecular complexity index is 263. The number of hydrazine groups is 1. The fourth-order valence-corrected chi connectivity index (χ4v) is 1.62. The van der Waals surface area contributed by atoms with Crippen molar-refractivity contribution in [2.75, 3.05) is 6.54 Å². The molecule has 2 rings (SSSR count). The summed E-state index contributed by atoms with van der Waals surface area (Å²) in [5, 5.41) is 9.48. The van der Waals surface area contributed by atoms with Crippen molar-refractivity contribution < 1.29 is 5.11 Å². The molecular formula is C10H14N2O. The van der Waals surface area contributed by atoms with E-state index in [1.54, 1.807) is 0 Å². The molecule has 1 aliphatic heterocycles. The van der Waals surface area contributed by atoms with Crippen LogP contribution in [-0.2, 0) is 6.42 Å². The molecule has 0 saturated carbocycles. The van der Waals surface area contributed by atoms with Gasteiger partial charge < -0.3 is 5.11 Å². The van der Waals surface area contributed by atoms with Gasteiger partial charge in [0.25, 0.3) is 0 Å². The van der Waals surface area contributed by atoms with Gasteiger partial charge in [-0.05, 0) is 12.0 Å². The zero-order valence-corrected chi connectivity index (χ0v) is 7.40. The predicted molar refractivity (Wildman–Crippen MR) is 50.8 cm³/mol. The van der Waals surface area contributed by atoms with E-state index in [1.807, 2.05) is 18.2 Å². The third-order valence-corrected chi connectivity index (χ3v) is 2.40. The predicted octanol–water partition coefficient (Wildman–Crippen LogP) is 0.271. The SMILES string of the molecule is OC1NNCC1Cc1ccccc1. The Hall–Kier alpha value is -0.900. The zero-order valence-electron chi connectivity index (χ0n) is 7.40. The molecule has 0 amide bonds. The molecule has 0 aromatic heterocycles. The van der Waals surface area contributed by atoms with Crippen LogP contribution < -0.4 is 10.9 Å². The standard InChI is InChI=1S/C10H14N2O/c13-10-9(7-11-12-10)6-8-4-2-1-3-5-8/h1-5,9-13H,6-7H2. The van der Waals surface area contributed by atoms with Gasteiger partial charge in [-0.25, -0.2) is 5.43 Å². The number of hydrogen-bond donors (Lipinski definition) is 3. The Balaban J connectivity index is 1.98. The highest BCUT2D eigenvalue weighted by Gasteiger charge is 2.24. The number of benzene rings is 1. The monoisotopic (exact) mass is 178 g/mol. The molecule has 2 unspecified atom stereocenters. The number of nitrogens with one attached hydrogen (secondary N) is 2. The summed E-state index contributed by atoms with van der Waals surface area (Å²) in [6, 6.07) is 10.2. The van der Waals surface area contributed by atoms with Crippen LogP contribution in [0.15, 0.2) is 30.3 Å². The third kappa shape index (κ3) is 2.06. The third-order valence-electron chi connectivity index (χ3n) is 2.40. The molecule has 2 atom stereocenters. The van der Waals surface area contributed by atoms with Crippen LogP contribution in [0.4, 0.5) is 0 Å². The van der Waals surface area contributed by atoms with Gasteiger partial charge in [0.05, 0.1) is 0 Å². The molecule has 1 aromatic carbocycles. The van der Waals surface area contributed by atoms with E-state index >= 15 is 0 Å². The van der Waals surface area contributed by atoms with Crippen molar-refractivity contribution in [2.45, 2.75) is 12.6 Å². The Kier molecular flexibility index (Phi) is 2.59. The Morgan fingerprint density at radius 3 is 2.69 bits per heavy atom. The average molecular weight is 178 g/mol. The van der Waals surface area contributed by atoms with E-state index in [4.69, 9.17) is 0 Å². The van der Waals surface area contributed by atoms with Crippen LogP contribution in [0.1, 0.15) is 5.56 Å². The van der Waals surface area contributed by atoms with E-state index in [9.17, 15) is 5.11 Å². The smallest absolute Gasteiger partial charge is 0.121 e. The fourth-order valence-electron chi connectivity index (χ4n) is 1.62. The lowest BCUT2D eigenvalue weighted by Crippen LogP contribution is -2.31. The van der Waals surface area contributed by atoms with Crippen molar-refractivity contribution in [1.29, 1.82) is 0 Å². The highest BCUT2D eigenvalue weighted by atomic mass is 16.3. The second kappa shape index (κ2) is 3.87. The average Bonchev–Trinajstić information content (AvgIpc) is 2.54. The van der Waals surface area contributed by atoms with Crippen LogP contribution in [0.3, 0.4) is 0 Å². The highest BCUT2D eigenvalue weighted by Crippen LogP contribution is 2.12. The van der Waals surface area contributed by atoms with Gasteiger partial charge >= 0.3 is 0 Å². The van der Waals surface area contributed by atoms with Gasteiger partial charge in [0, 0.05) is 12.5 Å². The molecule has 0 aliphatic carbocycles. The fraction of sp³-hybridized carbons (Fsp3) is 0.400. The number of rotatable bonds is 2. The van der Waals surface area contributed by atoms with E-state index < -0.39 is 6.23 Å². The van der Waals surface area contributed by atoms with Crippen molar-refractivity contribution in [3.8, 4) is 0 Å². The van der Waals surface area contributed by atoms with Gasteiger partial charge in [-0.2, -0.15) is 0 Å². The summed E-state index contributed by atoms with van der Waals surface area (Å²) < 4.78 is 0. The summed E-state index contributed by atoms with van der Waals surface area (Å²) in [5.41, 5.74) is 7.01. The van der Waals surface area contributed by atoms with E-state index in [-0.39, 0.29) is 5.92 Å². The summed E-state index contributed by atoms with van der Waals surface area (Å²) in [5.74, 6) is 0.280. The minimum atomic E-state index is -0.416. The number of hydrogen-bond acceptors (Lipinski definition) is 3. The topological polar surface area (TPSA) is 44.3 Å². The first kappa shape index (κ1) is 8.69. The van der Waals surface area contributed by atoms with Gasteiger partial charge in [-0.1, -0.05) is 30.3 Å². The van der Waals surface area contributed by atoms with Crippen LogP contribution >= 0.6 is 0 Å². The molecule has 3 N–H and O–H groups in total. The summed E-state index contributed by atoms with van der Waals surface area (Å²) in [4.78, 5) is 0. The molecule has 0 bridgehead atoms. The normalized spacial score (nSPS) is 27.8. The van der Waals surface area contributed by atoms with Crippen molar-refractivity contribution in [2.24, 2.45) is 5.92 Å². The zero-order chi connectivity index (χ0) is 9.10. The number of aliphatic hydroxyl groups is 1. The Morgan fingerprint density at radius 2 is 2.08 bits per heavy atom. The van der Waals surface area contributed by atoms with Gasteiger partial charge in [0.2, 0.25) is 0 Å². The number of aliphatic hydroxyl groups excluding tert-OH is 1. The molecule has 1 saturated heterocycles. The van der Waals surface area contributed by atoms with Crippen LogP contribution in [0.25, 0.3) is 0 Å². The van der Waals surface area contributed by atoms with Crippen LogP contribution in [-0.4, -0.2) is 17.9 Å². The first-order chi connectivity index (χ1) is 6.36.